The molecule has 16 heteroatoms. The number of fused-ring (bicyclic) bond motifs is 8. The van der Waals surface area contributed by atoms with Crippen LogP contribution < -0.4 is 38.5 Å². The smallest absolute Gasteiger partial charge is 0.151 e. The third kappa shape index (κ3) is 17.1. The molecular weight excluding hydrogens is 1670 g/mol. The fourth-order valence-electron chi connectivity index (χ4n) is 17.2. The topological polar surface area (TPSA) is 197 Å². The summed E-state index contributed by atoms with van der Waals surface area (Å²) in [5.41, 5.74) is 30.4. The van der Waals surface area contributed by atoms with Crippen LogP contribution >= 0.6 is 0 Å². The molecule has 0 aliphatic carbocycles. The number of pyridine rings is 4. The molecular formula is C120H76N12O4. The fraction of sp³-hybridized carbons (Fsp3) is 0. The first kappa shape index (κ1) is 83.4. The first-order valence-electron chi connectivity index (χ1n) is 44.1. The summed E-state index contributed by atoms with van der Waals surface area (Å²) in [7, 11) is 0. The minimum Gasteiger partial charge on any atom is -0.453 e. The second-order valence-electron chi connectivity index (χ2n) is 32.1. The van der Waals surface area contributed by atoms with Gasteiger partial charge < -0.3 is 38.5 Å². The molecule has 8 heterocycles. The van der Waals surface area contributed by atoms with Crippen molar-refractivity contribution in [3.8, 4) is 160 Å². The molecule has 0 bridgehead atoms. The fourth-order valence-corrected chi connectivity index (χ4v) is 17.2. The second-order valence-corrected chi connectivity index (χ2v) is 32.1. The monoisotopic (exact) mass is 1750 g/mol. The Morgan fingerprint density at radius 2 is 0.515 bits per heavy atom. The maximum Gasteiger partial charge on any atom is 0.151 e. The van der Waals surface area contributed by atoms with Crippen molar-refractivity contribution < 1.29 is 18.9 Å². The van der Waals surface area contributed by atoms with E-state index in [-0.39, 0.29) is 0 Å². The molecule has 0 unspecified atom stereocenters. The molecule has 0 atom stereocenters. The Bertz CT molecular complexity index is 7670. The Hall–Kier alpha value is -19.5. The van der Waals surface area contributed by atoms with Gasteiger partial charge in [0, 0.05) is 63.6 Å². The lowest BCUT2D eigenvalue weighted by Crippen LogP contribution is -2.15. The van der Waals surface area contributed by atoms with Gasteiger partial charge in [0.15, 0.2) is 46.0 Å². The lowest BCUT2D eigenvalue weighted by Gasteiger charge is -2.33. The van der Waals surface area contributed by atoms with Gasteiger partial charge in [-0.25, -0.2) is 4.98 Å². The van der Waals surface area contributed by atoms with E-state index in [0.29, 0.717) is 28.1 Å². The quantitative estimate of drug-likeness (QED) is 0.112. The van der Waals surface area contributed by atoms with Crippen LogP contribution in [0.1, 0.15) is 22.4 Å². The Morgan fingerprint density at radius 1 is 0.199 bits per heavy atom. The number of para-hydroxylation sites is 16. The summed E-state index contributed by atoms with van der Waals surface area (Å²) in [5, 5.41) is 36.7. The number of rotatable bonds is 12. The number of nitriles is 4. The maximum absolute atomic E-state index is 9.40. The third-order valence-corrected chi connectivity index (χ3v) is 23.8. The van der Waals surface area contributed by atoms with Crippen LogP contribution in [-0.2, 0) is 0 Å². The predicted octanol–water partition coefficient (Wildman–Crippen LogP) is 31.5. The van der Waals surface area contributed by atoms with Crippen molar-refractivity contribution in [3.05, 3.63) is 484 Å². The molecule has 4 aliphatic rings. The SMILES string of the molecule is N#Cc1ccc(-c2ccc(-c3cccc(N4c5ccccc5Oc5ccccc54)c3)cc2)nc1.N#Cc1cccc(-c2ccc(-c3cccc(N4c5ccccc5Oc5ccccc54)c3)cc2)n1.N#Cc1cccnc1-c1ccc(-c2cccc(N3c4ccccc4Oc4ccccc43)c2)cc1.N#Cc1ccnc(-c2ccc(-c3cccc(N4c5ccccc5Oc5ccccc54)c3)cc2)c1. The highest BCUT2D eigenvalue weighted by Crippen LogP contribution is 2.56. The van der Waals surface area contributed by atoms with E-state index in [0.717, 1.165) is 198 Å². The minimum atomic E-state index is 0.417. The van der Waals surface area contributed by atoms with Gasteiger partial charge in [-0.2, -0.15) is 21.0 Å². The molecule has 20 aromatic rings. The van der Waals surface area contributed by atoms with Crippen LogP contribution in [0, 0.1) is 45.3 Å². The van der Waals surface area contributed by atoms with Crippen molar-refractivity contribution in [3.63, 3.8) is 0 Å². The maximum atomic E-state index is 9.40. The number of ether oxygens (including phenoxy) is 4. The van der Waals surface area contributed by atoms with Gasteiger partial charge in [0.2, 0.25) is 0 Å². The molecule has 0 N–H and O–H groups in total. The highest BCUT2D eigenvalue weighted by Gasteiger charge is 2.31. The molecule has 640 valence electrons. The standard InChI is InChI=1S/4C30H19N3O/c31-20-24-8-6-10-26(32-24)22-17-15-21(16-18-22)23-7-5-9-25(19-23)33-27-11-1-3-13-29(27)34-30-14-4-2-12-28(30)33;31-20-24-8-6-18-32-30(24)22-16-14-21(15-17-22)23-7-5-9-25(19-23)33-26-10-1-3-12-28(26)34-29-13-4-2-11-27(29)33;31-19-21-12-17-26(32-20-21)23-15-13-22(14-16-23)24-6-5-7-25(18-24)33-27-8-1-3-10-29(27)34-30-11-4-2-9-28(30)33;31-20-21-16-17-32-26(18-21)23-14-12-22(13-15-23)24-6-5-7-25(19-24)33-27-8-1-3-10-29(27)34-30-11-4-2-9-28(30)33/h2*1-19H;1-18,20H;1-19H. The molecule has 0 spiro atoms. The van der Waals surface area contributed by atoms with Crippen LogP contribution in [0.15, 0.2) is 461 Å². The average molecular weight is 1750 g/mol. The van der Waals surface area contributed by atoms with Crippen LogP contribution in [0.4, 0.5) is 68.2 Å². The van der Waals surface area contributed by atoms with Crippen molar-refractivity contribution in [2.45, 2.75) is 0 Å². The van der Waals surface area contributed by atoms with Gasteiger partial charge in [-0.05, 0) is 239 Å². The Balaban J connectivity index is 0.000000108. The zero-order valence-corrected chi connectivity index (χ0v) is 72.9. The molecule has 0 radical (unpaired) electrons. The number of anilines is 12. The van der Waals surface area contributed by atoms with E-state index in [1.54, 1.807) is 48.9 Å². The zero-order valence-electron chi connectivity index (χ0n) is 72.9. The van der Waals surface area contributed by atoms with Crippen LogP contribution in [0.5, 0.6) is 46.0 Å². The van der Waals surface area contributed by atoms with E-state index in [1.807, 2.05) is 206 Å². The van der Waals surface area contributed by atoms with Gasteiger partial charge in [0.1, 0.15) is 23.9 Å². The van der Waals surface area contributed by atoms with Gasteiger partial charge in [0.05, 0.1) is 91.0 Å². The highest BCUT2D eigenvalue weighted by atomic mass is 16.5. The molecule has 4 aliphatic heterocycles. The number of nitrogens with zero attached hydrogens (tertiary/aromatic N) is 12. The molecule has 16 nitrogen and oxygen atoms in total. The van der Waals surface area contributed by atoms with Gasteiger partial charge in [-0.1, -0.05) is 249 Å². The summed E-state index contributed by atoms with van der Waals surface area (Å²) in [6, 6.07) is 157. The lowest BCUT2D eigenvalue weighted by molar-refractivity contribution is 0.477. The summed E-state index contributed by atoms with van der Waals surface area (Å²) >= 11 is 0. The average Bonchev–Trinajstić information content (AvgIpc) is 0.769. The number of hydrogen-bond donors (Lipinski definition) is 0. The van der Waals surface area contributed by atoms with E-state index >= 15 is 0 Å². The number of hydrogen-bond acceptors (Lipinski definition) is 16. The Kier molecular flexibility index (Phi) is 23.1. The molecule has 0 amide bonds. The first-order valence-corrected chi connectivity index (χ1v) is 44.1. The van der Waals surface area contributed by atoms with Crippen molar-refractivity contribution in [1.82, 2.24) is 19.9 Å². The van der Waals surface area contributed by atoms with Crippen molar-refractivity contribution in [2.24, 2.45) is 0 Å². The minimum absolute atomic E-state index is 0.417. The van der Waals surface area contributed by atoms with E-state index in [2.05, 4.69) is 270 Å². The molecule has 4 aromatic heterocycles. The molecule has 0 saturated heterocycles. The van der Waals surface area contributed by atoms with Gasteiger partial charge >= 0.3 is 0 Å². The van der Waals surface area contributed by atoms with Crippen molar-refractivity contribution >= 4 is 68.2 Å². The summed E-state index contributed by atoms with van der Waals surface area (Å²) in [6.07, 6.45) is 4.99. The van der Waals surface area contributed by atoms with Crippen LogP contribution in [0.3, 0.4) is 0 Å². The highest BCUT2D eigenvalue weighted by molar-refractivity contribution is 5.93. The molecule has 136 heavy (non-hydrogen) atoms. The van der Waals surface area contributed by atoms with Crippen LogP contribution in [0.25, 0.3) is 89.5 Å². The lowest BCUT2D eigenvalue weighted by atomic mass is 10.00. The van der Waals surface area contributed by atoms with Crippen molar-refractivity contribution in [1.29, 1.82) is 21.0 Å². The van der Waals surface area contributed by atoms with Gasteiger partial charge in [0.25, 0.3) is 0 Å². The zero-order chi connectivity index (χ0) is 91.6. The van der Waals surface area contributed by atoms with E-state index in [4.69, 9.17) is 34.7 Å². The first-order chi connectivity index (χ1) is 67.2. The number of aromatic nitrogens is 4. The second kappa shape index (κ2) is 37.7. The third-order valence-electron chi connectivity index (χ3n) is 23.8. The van der Waals surface area contributed by atoms with E-state index < -0.39 is 0 Å². The predicted molar refractivity (Wildman–Crippen MR) is 538 cm³/mol. The van der Waals surface area contributed by atoms with E-state index in [1.165, 1.54) is 0 Å². The molecule has 24 rings (SSSR count). The van der Waals surface area contributed by atoms with Crippen LogP contribution in [0.2, 0.25) is 0 Å². The summed E-state index contributed by atoms with van der Waals surface area (Å²) < 4.78 is 24.6. The molecule has 0 fully saturated rings. The normalized spacial score (nSPS) is 11.7. The number of benzene rings is 16. The van der Waals surface area contributed by atoms with Gasteiger partial charge in [-0.15, -0.1) is 0 Å². The largest absolute Gasteiger partial charge is 0.453 e. The van der Waals surface area contributed by atoms with Crippen LogP contribution in [-0.4, -0.2) is 19.9 Å². The molecule has 0 saturated carbocycles. The van der Waals surface area contributed by atoms with E-state index in [9.17, 15) is 5.26 Å². The summed E-state index contributed by atoms with van der Waals surface area (Å²) in [4.78, 5) is 26.6. The van der Waals surface area contributed by atoms with Gasteiger partial charge in [-0.3, -0.25) is 15.0 Å². The summed E-state index contributed by atoms with van der Waals surface area (Å²) in [5.74, 6) is 6.69. The summed E-state index contributed by atoms with van der Waals surface area (Å²) in [6.45, 7) is 0. The Morgan fingerprint density at radius 3 is 0.838 bits per heavy atom. The Labute approximate surface area is 786 Å². The molecule has 16 aromatic carbocycles. The van der Waals surface area contributed by atoms with Crippen molar-refractivity contribution in [2.75, 3.05) is 19.6 Å².